The van der Waals surface area contributed by atoms with Crippen LogP contribution < -0.4 is 4.90 Å². The van der Waals surface area contributed by atoms with E-state index in [0.29, 0.717) is 6.61 Å². The van der Waals surface area contributed by atoms with E-state index in [0.717, 1.165) is 55.9 Å². The maximum atomic E-state index is 13.3. The SMILES string of the molecule is CN(C(=O)C1CCN(c2cncnc2-c2ccc(F)cc2)CC1)C1CCOC1. The smallest absolute Gasteiger partial charge is 0.225 e. The molecule has 4 rings (SSSR count). The monoisotopic (exact) mass is 384 g/mol. The molecule has 2 aromatic rings. The summed E-state index contributed by atoms with van der Waals surface area (Å²) in [6.07, 6.45) is 5.83. The normalized spacial score (nSPS) is 20.4. The van der Waals surface area contributed by atoms with Crippen LogP contribution >= 0.6 is 0 Å². The summed E-state index contributed by atoms with van der Waals surface area (Å²) < 4.78 is 18.7. The van der Waals surface area contributed by atoms with Gasteiger partial charge in [-0.15, -0.1) is 0 Å². The predicted molar refractivity (Wildman–Crippen MR) is 104 cm³/mol. The van der Waals surface area contributed by atoms with Crippen molar-refractivity contribution < 1.29 is 13.9 Å². The molecule has 2 fully saturated rings. The number of rotatable bonds is 4. The van der Waals surface area contributed by atoms with Crippen LogP contribution in [0.3, 0.4) is 0 Å². The molecule has 7 heteroatoms. The second-order valence-corrected chi connectivity index (χ2v) is 7.49. The number of anilines is 1. The average Bonchev–Trinajstić information content (AvgIpc) is 3.28. The quantitative estimate of drug-likeness (QED) is 0.811. The third-order valence-electron chi connectivity index (χ3n) is 5.80. The molecule has 28 heavy (non-hydrogen) atoms. The Kier molecular flexibility index (Phi) is 5.52. The van der Waals surface area contributed by atoms with Gasteiger partial charge in [0.15, 0.2) is 0 Å². The third kappa shape index (κ3) is 3.85. The van der Waals surface area contributed by atoms with Crippen molar-refractivity contribution in [3.8, 4) is 11.3 Å². The molecule has 2 aliphatic heterocycles. The van der Waals surface area contributed by atoms with Crippen molar-refractivity contribution in [2.45, 2.75) is 25.3 Å². The molecule has 6 nitrogen and oxygen atoms in total. The summed E-state index contributed by atoms with van der Waals surface area (Å²) in [5.74, 6) is -0.00515. The number of benzene rings is 1. The number of carbonyl (C=O) groups is 1. The minimum Gasteiger partial charge on any atom is -0.379 e. The summed E-state index contributed by atoms with van der Waals surface area (Å²) in [5, 5.41) is 0. The highest BCUT2D eigenvalue weighted by Crippen LogP contribution is 2.31. The standard InChI is InChI=1S/C21H25FN4O2/c1-25(18-8-11-28-13-18)21(27)16-6-9-26(10-7-16)19-12-23-14-24-20(19)15-2-4-17(22)5-3-15/h2-5,12,14,16,18H,6-11,13H2,1H3. The number of likely N-dealkylation sites (N-methyl/N-ethyl adjacent to an activating group) is 1. The molecule has 0 bridgehead atoms. The first-order valence-corrected chi connectivity index (χ1v) is 9.79. The average molecular weight is 384 g/mol. The minimum absolute atomic E-state index is 0.0424. The topological polar surface area (TPSA) is 58.6 Å². The second-order valence-electron chi connectivity index (χ2n) is 7.49. The lowest BCUT2D eigenvalue weighted by atomic mass is 9.94. The van der Waals surface area contributed by atoms with Gasteiger partial charge in [0.25, 0.3) is 0 Å². The van der Waals surface area contributed by atoms with E-state index < -0.39 is 0 Å². The number of ether oxygens (including phenoxy) is 1. The van der Waals surface area contributed by atoms with Crippen LogP contribution in [-0.4, -0.2) is 60.2 Å². The van der Waals surface area contributed by atoms with Crippen LogP contribution in [0.1, 0.15) is 19.3 Å². The summed E-state index contributed by atoms with van der Waals surface area (Å²) in [7, 11) is 1.89. The zero-order chi connectivity index (χ0) is 19.5. The molecule has 0 saturated carbocycles. The number of piperidine rings is 1. The highest BCUT2D eigenvalue weighted by atomic mass is 19.1. The molecule has 0 N–H and O–H groups in total. The predicted octanol–water partition coefficient (Wildman–Crippen LogP) is 2.75. The fourth-order valence-corrected chi connectivity index (χ4v) is 4.05. The molecular formula is C21H25FN4O2. The van der Waals surface area contributed by atoms with Gasteiger partial charge in [-0.25, -0.2) is 14.4 Å². The lowest BCUT2D eigenvalue weighted by molar-refractivity contribution is -0.137. The first-order valence-electron chi connectivity index (χ1n) is 9.79. The summed E-state index contributed by atoms with van der Waals surface area (Å²) in [4.78, 5) is 25.5. The summed E-state index contributed by atoms with van der Waals surface area (Å²) in [6, 6.07) is 6.55. The van der Waals surface area contributed by atoms with Gasteiger partial charge >= 0.3 is 0 Å². The molecule has 1 atom stereocenters. The fourth-order valence-electron chi connectivity index (χ4n) is 4.05. The second kappa shape index (κ2) is 8.22. The van der Waals surface area contributed by atoms with Gasteiger partial charge in [-0.05, 0) is 43.5 Å². The zero-order valence-corrected chi connectivity index (χ0v) is 16.1. The first kappa shape index (κ1) is 18.8. The molecule has 1 aromatic heterocycles. The number of aromatic nitrogens is 2. The first-order chi connectivity index (χ1) is 13.6. The van der Waals surface area contributed by atoms with Crippen molar-refractivity contribution in [1.82, 2.24) is 14.9 Å². The minimum atomic E-state index is -0.268. The van der Waals surface area contributed by atoms with Crippen LogP contribution in [0, 0.1) is 11.7 Å². The molecule has 1 unspecified atom stereocenters. The maximum Gasteiger partial charge on any atom is 0.225 e. The van der Waals surface area contributed by atoms with Gasteiger partial charge in [-0.2, -0.15) is 0 Å². The van der Waals surface area contributed by atoms with Crippen LogP contribution in [0.15, 0.2) is 36.8 Å². The summed E-state index contributed by atoms with van der Waals surface area (Å²) in [5.41, 5.74) is 2.58. The van der Waals surface area contributed by atoms with E-state index in [1.54, 1.807) is 18.3 Å². The van der Waals surface area contributed by atoms with Gasteiger partial charge in [0, 0.05) is 38.2 Å². The number of hydrogen-bond donors (Lipinski definition) is 0. The Balaban J connectivity index is 1.44. The highest BCUT2D eigenvalue weighted by Gasteiger charge is 2.32. The van der Waals surface area contributed by atoms with E-state index in [2.05, 4.69) is 14.9 Å². The number of hydrogen-bond acceptors (Lipinski definition) is 5. The molecule has 0 radical (unpaired) electrons. The van der Waals surface area contributed by atoms with Crippen LogP contribution in [0.2, 0.25) is 0 Å². The van der Waals surface area contributed by atoms with Crippen LogP contribution in [-0.2, 0) is 9.53 Å². The van der Waals surface area contributed by atoms with E-state index in [4.69, 9.17) is 4.74 Å². The lowest BCUT2D eigenvalue weighted by Gasteiger charge is -2.36. The van der Waals surface area contributed by atoms with Gasteiger partial charge in [-0.1, -0.05) is 0 Å². The molecule has 2 aliphatic rings. The van der Waals surface area contributed by atoms with Crippen molar-refractivity contribution in [1.29, 1.82) is 0 Å². The Bertz CT molecular complexity index is 815. The van der Waals surface area contributed by atoms with Crippen LogP contribution in [0.25, 0.3) is 11.3 Å². The van der Waals surface area contributed by atoms with Gasteiger partial charge < -0.3 is 14.5 Å². The van der Waals surface area contributed by atoms with Crippen molar-refractivity contribution in [2.75, 3.05) is 38.3 Å². The molecule has 148 valence electrons. The highest BCUT2D eigenvalue weighted by molar-refractivity contribution is 5.80. The van der Waals surface area contributed by atoms with Crippen molar-refractivity contribution in [2.24, 2.45) is 5.92 Å². The van der Waals surface area contributed by atoms with E-state index in [-0.39, 0.29) is 23.7 Å². The molecular weight excluding hydrogens is 359 g/mol. The number of carbonyl (C=O) groups excluding carboxylic acids is 1. The Morgan fingerprint density at radius 1 is 1.21 bits per heavy atom. The fraction of sp³-hybridized carbons (Fsp3) is 0.476. The molecule has 2 saturated heterocycles. The number of nitrogens with zero attached hydrogens (tertiary/aromatic N) is 4. The Morgan fingerprint density at radius 3 is 2.64 bits per heavy atom. The molecule has 0 spiro atoms. The maximum absolute atomic E-state index is 13.3. The summed E-state index contributed by atoms with van der Waals surface area (Å²) in [6.45, 7) is 2.92. The van der Waals surface area contributed by atoms with E-state index in [1.165, 1.54) is 18.5 Å². The van der Waals surface area contributed by atoms with Gasteiger partial charge in [0.2, 0.25) is 5.91 Å². The lowest BCUT2D eigenvalue weighted by Crippen LogP contribution is -2.45. The summed E-state index contributed by atoms with van der Waals surface area (Å²) >= 11 is 0. The number of halogens is 1. The van der Waals surface area contributed by atoms with E-state index >= 15 is 0 Å². The van der Waals surface area contributed by atoms with Gasteiger partial charge in [-0.3, -0.25) is 4.79 Å². The zero-order valence-electron chi connectivity index (χ0n) is 16.1. The van der Waals surface area contributed by atoms with Gasteiger partial charge in [0.05, 0.1) is 30.2 Å². The van der Waals surface area contributed by atoms with Crippen molar-refractivity contribution >= 4 is 11.6 Å². The van der Waals surface area contributed by atoms with E-state index in [1.807, 2.05) is 11.9 Å². The third-order valence-corrected chi connectivity index (χ3v) is 5.80. The van der Waals surface area contributed by atoms with Crippen molar-refractivity contribution in [3.05, 3.63) is 42.6 Å². The number of amides is 1. The largest absolute Gasteiger partial charge is 0.379 e. The van der Waals surface area contributed by atoms with Crippen LogP contribution in [0.5, 0.6) is 0 Å². The molecule has 1 aromatic carbocycles. The Hall–Kier alpha value is -2.54. The van der Waals surface area contributed by atoms with Gasteiger partial charge in [0.1, 0.15) is 12.1 Å². The molecule has 1 amide bonds. The Morgan fingerprint density at radius 2 is 1.96 bits per heavy atom. The molecule has 3 heterocycles. The molecule has 0 aliphatic carbocycles. The van der Waals surface area contributed by atoms with E-state index in [9.17, 15) is 9.18 Å². The Labute approximate surface area is 164 Å². The van der Waals surface area contributed by atoms with Crippen LogP contribution in [0.4, 0.5) is 10.1 Å². The van der Waals surface area contributed by atoms with Crippen molar-refractivity contribution in [3.63, 3.8) is 0 Å².